The molecular weight excluding hydrogens is 379 g/mol. The highest BCUT2D eigenvalue weighted by molar-refractivity contribution is 5.91. The summed E-state index contributed by atoms with van der Waals surface area (Å²) in [5.41, 5.74) is 8.78. The fraction of sp³-hybridized carbons (Fsp3) is 0.182. The Hall–Kier alpha value is -3.35. The van der Waals surface area contributed by atoms with Gasteiger partial charge in [-0.3, -0.25) is 4.79 Å². The van der Waals surface area contributed by atoms with Gasteiger partial charge >= 0.3 is 6.18 Å². The molecule has 1 aliphatic rings. The average Bonchev–Trinajstić information content (AvgIpc) is 2.72. The number of pyridine rings is 1. The molecule has 29 heavy (non-hydrogen) atoms. The second kappa shape index (κ2) is 7.24. The Balaban J connectivity index is 1.63. The lowest BCUT2D eigenvalue weighted by molar-refractivity contribution is -0.137. The van der Waals surface area contributed by atoms with E-state index in [1.54, 1.807) is 12.1 Å². The van der Waals surface area contributed by atoms with Crippen molar-refractivity contribution in [3.63, 3.8) is 0 Å². The molecule has 0 radical (unpaired) electrons. The molecule has 0 bridgehead atoms. The fourth-order valence-electron chi connectivity index (χ4n) is 3.65. The molecule has 4 nitrogen and oxygen atoms in total. The lowest BCUT2D eigenvalue weighted by atomic mass is 9.90. The topological polar surface area (TPSA) is 59.2 Å². The zero-order valence-electron chi connectivity index (χ0n) is 15.4. The first-order valence-corrected chi connectivity index (χ1v) is 9.13. The number of nitrogens with two attached hydrogens (primary N) is 1. The van der Waals surface area contributed by atoms with Crippen molar-refractivity contribution in [3.8, 4) is 11.1 Å². The molecule has 1 aromatic heterocycles. The highest BCUT2D eigenvalue weighted by Crippen LogP contribution is 2.34. The quantitative estimate of drug-likeness (QED) is 0.711. The summed E-state index contributed by atoms with van der Waals surface area (Å²) in [4.78, 5) is 17.8. The third-order valence-corrected chi connectivity index (χ3v) is 5.10. The van der Waals surface area contributed by atoms with Crippen molar-refractivity contribution in [2.45, 2.75) is 19.1 Å². The molecule has 148 valence electrons. The summed E-state index contributed by atoms with van der Waals surface area (Å²) in [6, 6.07) is 16.3. The van der Waals surface area contributed by atoms with Gasteiger partial charge in [0.2, 0.25) is 0 Å². The van der Waals surface area contributed by atoms with Gasteiger partial charge in [-0.1, -0.05) is 36.4 Å². The van der Waals surface area contributed by atoms with Gasteiger partial charge in [0.15, 0.2) is 0 Å². The summed E-state index contributed by atoms with van der Waals surface area (Å²) in [5.74, 6) is 0.0979. The highest BCUT2D eigenvalue weighted by atomic mass is 19.4. The summed E-state index contributed by atoms with van der Waals surface area (Å²) >= 11 is 0. The van der Waals surface area contributed by atoms with E-state index in [2.05, 4.69) is 9.88 Å². The van der Waals surface area contributed by atoms with Crippen LogP contribution in [-0.2, 0) is 19.1 Å². The normalized spacial score (nSPS) is 13.8. The number of halogens is 3. The lowest BCUT2D eigenvalue weighted by Gasteiger charge is -2.31. The van der Waals surface area contributed by atoms with Crippen LogP contribution in [0, 0.1) is 0 Å². The van der Waals surface area contributed by atoms with Crippen molar-refractivity contribution < 1.29 is 18.0 Å². The van der Waals surface area contributed by atoms with Crippen molar-refractivity contribution >= 4 is 11.7 Å². The van der Waals surface area contributed by atoms with Crippen molar-refractivity contribution in [2.24, 2.45) is 5.73 Å². The zero-order chi connectivity index (χ0) is 20.6. The number of hydrogen-bond donors (Lipinski definition) is 1. The number of amides is 1. The highest BCUT2D eigenvalue weighted by Gasteiger charge is 2.30. The van der Waals surface area contributed by atoms with Crippen LogP contribution < -0.4 is 10.6 Å². The van der Waals surface area contributed by atoms with Gasteiger partial charge in [-0.25, -0.2) is 4.98 Å². The summed E-state index contributed by atoms with van der Waals surface area (Å²) in [6.45, 7) is 1.28. The molecule has 2 N–H and O–H groups in total. The van der Waals surface area contributed by atoms with Crippen LogP contribution in [0.1, 0.15) is 27.2 Å². The second-order valence-corrected chi connectivity index (χ2v) is 6.94. The molecule has 7 heteroatoms. The Morgan fingerprint density at radius 3 is 2.41 bits per heavy atom. The molecule has 3 aromatic rings. The maximum Gasteiger partial charge on any atom is 0.416 e. The molecule has 1 aliphatic heterocycles. The smallest absolute Gasteiger partial charge is 0.364 e. The summed E-state index contributed by atoms with van der Waals surface area (Å²) in [7, 11) is 0. The minimum absolute atomic E-state index is 0.215. The van der Waals surface area contributed by atoms with E-state index in [-0.39, 0.29) is 5.69 Å². The number of nitrogens with zero attached hydrogens (tertiary/aromatic N) is 2. The molecule has 4 rings (SSSR count). The van der Waals surface area contributed by atoms with Crippen molar-refractivity contribution in [2.75, 3.05) is 11.4 Å². The van der Waals surface area contributed by atoms with Gasteiger partial charge in [-0.15, -0.1) is 0 Å². The number of fused-ring (bicyclic) bond motifs is 1. The van der Waals surface area contributed by atoms with Crippen molar-refractivity contribution in [3.05, 3.63) is 83.0 Å². The van der Waals surface area contributed by atoms with Crippen LogP contribution in [0.5, 0.6) is 0 Å². The van der Waals surface area contributed by atoms with Gasteiger partial charge in [0.05, 0.1) is 5.56 Å². The standard InChI is InChI=1S/C22H18F3N3O/c23-22(24,25)16-9-7-14(8-10-16)17-4-1-3-15-13-28(12-11-18(15)17)20-6-2-5-19(27-20)21(26)29/h1-10H,11-13H2,(H2,26,29). The number of benzene rings is 2. The molecule has 1 amide bonds. The maximum atomic E-state index is 12.8. The van der Waals surface area contributed by atoms with E-state index >= 15 is 0 Å². The molecule has 2 heterocycles. The van der Waals surface area contributed by atoms with Crippen LogP contribution in [-0.4, -0.2) is 17.4 Å². The van der Waals surface area contributed by atoms with E-state index in [4.69, 9.17) is 5.73 Å². The predicted octanol–water partition coefficient (Wildman–Crippen LogP) is 4.43. The number of carbonyl (C=O) groups excluding carboxylic acids is 1. The molecule has 0 spiro atoms. The van der Waals surface area contributed by atoms with Crippen molar-refractivity contribution in [1.29, 1.82) is 0 Å². The summed E-state index contributed by atoms with van der Waals surface area (Å²) in [6.07, 6.45) is -3.63. The monoisotopic (exact) mass is 397 g/mol. The molecule has 0 atom stereocenters. The Morgan fingerprint density at radius 1 is 1.00 bits per heavy atom. The Bertz CT molecular complexity index is 1060. The minimum atomic E-state index is -4.35. The Kier molecular flexibility index (Phi) is 4.74. The Morgan fingerprint density at radius 2 is 1.72 bits per heavy atom. The molecule has 0 saturated heterocycles. The average molecular weight is 397 g/mol. The number of carbonyl (C=O) groups is 1. The first kappa shape index (κ1) is 19.0. The predicted molar refractivity (Wildman–Crippen MR) is 104 cm³/mol. The molecule has 0 unspecified atom stereocenters. The Labute approximate surface area is 165 Å². The van der Waals surface area contributed by atoms with Crippen LogP contribution in [0.3, 0.4) is 0 Å². The van der Waals surface area contributed by atoms with Gasteiger partial charge < -0.3 is 10.6 Å². The summed E-state index contributed by atoms with van der Waals surface area (Å²) < 4.78 is 38.5. The lowest BCUT2D eigenvalue weighted by Crippen LogP contribution is -2.31. The van der Waals surface area contributed by atoms with Crippen LogP contribution in [0.15, 0.2) is 60.7 Å². The van der Waals surface area contributed by atoms with Gasteiger partial charge in [0.1, 0.15) is 11.5 Å². The molecule has 0 saturated carbocycles. The number of hydrogen-bond acceptors (Lipinski definition) is 3. The van der Waals surface area contributed by atoms with Crippen LogP contribution in [0.4, 0.5) is 19.0 Å². The number of aromatic nitrogens is 1. The second-order valence-electron chi connectivity index (χ2n) is 6.94. The number of primary amides is 1. The molecular formula is C22H18F3N3O. The third kappa shape index (κ3) is 3.81. The number of rotatable bonds is 3. The molecule has 2 aromatic carbocycles. The van der Waals surface area contributed by atoms with Crippen molar-refractivity contribution in [1.82, 2.24) is 4.98 Å². The molecule has 0 aliphatic carbocycles. The van der Waals surface area contributed by atoms with E-state index in [1.807, 2.05) is 24.3 Å². The van der Waals surface area contributed by atoms with Gasteiger partial charge in [0.25, 0.3) is 5.91 Å². The number of alkyl halides is 3. The van der Waals surface area contributed by atoms with Crippen LogP contribution in [0.25, 0.3) is 11.1 Å². The fourth-order valence-corrected chi connectivity index (χ4v) is 3.65. The summed E-state index contributed by atoms with van der Waals surface area (Å²) in [5, 5.41) is 0. The third-order valence-electron chi connectivity index (χ3n) is 5.10. The first-order chi connectivity index (χ1) is 13.8. The van der Waals surface area contributed by atoms with Crippen LogP contribution in [0.2, 0.25) is 0 Å². The van der Waals surface area contributed by atoms with Gasteiger partial charge in [0, 0.05) is 13.1 Å². The van der Waals surface area contributed by atoms with E-state index in [0.29, 0.717) is 18.9 Å². The SMILES string of the molecule is NC(=O)c1cccc(N2CCc3c(cccc3-c3ccc(C(F)(F)F)cc3)C2)n1. The van der Waals surface area contributed by atoms with Crippen LogP contribution >= 0.6 is 0 Å². The van der Waals surface area contributed by atoms with E-state index < -0.39 is 17.6 Å². The zero-order valence-corrected chi connectivity index (χ0v) is 15.4. The van der Waals surface area contributed by atoms with E-state index in [9.17, 15) is 18.0 Å². The first-order valence-electron chi connectivity index (χ1n) is 9.13. The van der Waals surface area contributed by atoms with Gasteiger partial charge in [-0.2, -0.15) is 13.2 Å². The number of anilines is 1. The van der Waals surface area contributed by atoms with E-state index in [0.717, 1.165) is 40.8 Å². The minimum Gasteiger partial charge on any atom is -0.364 e. The maximum absolute atomic E-state index is 12.8. The van der Waals surface area contributed by atoms with E-state index in [1.165, 1.54) is 12.1 Å². The molecule has 0 fully saturated rings. The van der Waals surface area contributed by atoms with Gasteiger partial charge in [-0.05, 0) is 52.9 Å². The largest absolute Gasteiger partial charge is 0.416 e.